The highest BCUT2D eigenvalue weighted by Crippen LogP contribution is 2.30. The van der Waals surface area contributed by atoms with Crippen molar-refractivity contribution in [2.75, 3.05) is 0 Å². The maximum atomic E-state index is 12.4. The number of aromatic nitrogens is 3. The number of aryl methyl sites for hydroxylation is 1. The molecule has 3 heterocycles. The van der Waals surface area contributed by atoms with Crippen LogP contribution in [0, 0.1) is 0 Å². The van der Waals surface area contributed by atoms with Crippen LogP contribution in [-0.4, -0.2) is 21.1 Å². The summed E-state index contributed by atoms with van der Waals surface area (Å²) in [5.41, 5.74) is 4.87. The summed E-state index contributed by atoms with van der Waals surface area (Å²) in [7, 11) is 0. The van der Waals surface area contributed by atoms with E-state index in [0.29, 0.717) is 12.2 Å². The van der Waals surface area contributed by atoms with E-state index in [9.17, 15) is 4.79 Å². The fourth-order valence-electron chi connectivity index (χ4n) is 3.09. The molecule has 0 radical (unpaired) electrons. The molecule has 24 heavy (non-hydrogen) atoms. The van der Waals surface area contributed by atoms with Gasteiger partial charge in [-0.05, 0) is 60.4 Å². The van der Waals surface area contributed by atoms with E-state index in [1.54, 1.807) is 18.5 Å². The summed E-state index contributed by atoms with van der Waals surface area (Å²) in [5.74, 6) is -0.126. The van der Waals surface area contributed by atoms with E-state index in [1.807, 2.05) is 23.5 Å². The summed E-state index contributed by atoms with van der Waals surface area (Å²) in [6.07, 6.45) is 8.28. The van der Waals surface area contributed by atoms with Crippen LogP contribution in [0.5, 0.6) is 0 Å². The number of fused-ring (bicyclic) bond motifs is 1. The zero-order valence-electron chi connectivity index (χ0n) is 13.2. The molecule has 5 nitrogen and oxygen atoms in total. The monoisotopic (exact) mass is 338 g/mol. The zero-order chi connectivity index (χ0) is 16.4. The maximum absolute atomic E-state index is 12.4. The van der Waals surface area contributed by atoms with Crippen LogP contribution in [0.4, 0.5) is 0 Å². The molecule has 6 heteroatoms. The number of pyridine rings is 1. The van der Waals surface area contributed by atoms with E-state index in [1.165, 1.54) is 35.3 Å². The second kappa shape index (κ2) is 6.57. The quantitative estimate of drug-likeness (QED) is 0.766. The minimum absolute atomic E-state index is 0.126. The van der Waals surface area contributed by atoms with Gasteiger partial charge in [0.25, 0.3) is 5.91 Å². The highest BCUT2D eigenvalue weighted by molar-refractivity contribution is 7.10. The van der Waals surface area contributed by atoms with Gasteiger partial charge < -0.3 is 5.32 Å². The van der Waals surface area contributed by atoms with E-state index in [0.717, 1.165) is 17.7 Å². The van der Waals surface area contributed by atoms with E-state index in [2.05, 4.69) is 25.9 Å². The van der Waals surface area contributed by atoms with Crippen LogP contribution in [0.15, 0.2) is 36.0 Å². The van der Waals surface area contributed by atoms with Gasteiger partial charge in [-0.3, -0.25) is 14.9 Å². The highest BCUT2D eigenvalue weighted by Gasteiger charge is 2.17. The second-order valence-electron chi connectivity index (χ2n) is 5.96. The topological polar surface area (TPSA) is 70.7 Å². The Balaban J connectivity index is 1.44. The molecule has 122 valence electrons. The lowest BCUT2D eigenvalue weighted by Gasteiger charge is -2.13. The first kappa shape index (κ1) is 15.1. The third kappa shape index (κ3) is 2.97. The third-order valence-electron chi connectivity index (χ3n) is 4.39. The van der Waals surface area contributed by atoms with Crippen LogP contribution in [0.3, 0.4) is 0 Å². The molecular weight excluding hydrogens is 320 g/mol. The molecule has 1 aliphatic rings. The molecule has 0 unspecified atom stereocenters. The number of rotatable bonds is 4. The Morgan fingerprint density at radius 3 is 2.96 bits per heavy atom. The number of nitrogens with one attached hydrogen (secondary N) is 2. The molecule has 0 spiro atoms. The molecule has 2 N–H and O–H groups in total. The Bertz CT molecular complexity index is 853. The van der Waals surface area contributed by atoms with Gasteiger partial charge in [-0.15, -0.1) is 11.3 Å². The number of nitrogens with zero attached hydrogens (tertiary/aromatic N) is 2. The summed E-state index contributed by atoms with van der Waals surface area (Å²) in [6, 6.07) is 5.51. The summed E-state index contributed by atoms with van der Waals surface area (Å²) < 4.78 is 0. The van der Waals surface area contributed by atoms with Crippen LogP contribution in [0.25, 0.3) is 11.3 Å². The SMILES string of the molecule is O=C(NCc1csc2c1CCCC2)c1cc(-c2ccncc2)n[nH]1. The number of hydrogen-bond donors (Lipinski definition) is 2. The molecule has 0 aliphatic heterocycles. The van der Waals surface area contributed by atoms with Crippen LogP contribution >= 0.6 is 11.3 Å². The van der Waals surface area contributed by atoms with Gasteiger partial charge in [0, 0.05) is 29.4 Å². The highest BCUT2D eigenvalue weighted by atomic mass is 32.1. The van der Waals surface area contributed by atoms with Crippen molar-refractivity contribution in [1.29, 1.82) is 0 Å². The number of thiophene rings is 1. The van der Waals surface area contributed by atoms with Gasteiger partial charge in [0.05, 0.1) is 5.69 Å². The predicted octanol–water partition coefficient (Wildman–Crippen LogP) is 3.34. The fraction of sp³-hybridized carbons (Fsp3) is 0.278. The number of aromatic amines is 1. The van der Waals surface area contributed by atoms with Crippen molar-refractivity contribution in [3.63, 3.8) is 0 Å². The summed E-state index contributed by atoms with van der Waals surface area (Å²) in [6.45, 7) is 0.578. The molecule has 1 aliphatic carbocycles. The number of carbonyl (C=O) groups is 1. The minimum Gasteiger partial charge on any atom is -0.347 e. The summed E-state index contributed by atoms with van der Waals surface area (Å²) in [4.78, 5) is 17.8. The number of carbonyl (C=O) groups excluding carboxylic acids is 1. The standard InChI is InChI=1S/C18H18N4OS/c23-18(16-9-15(21-22-16)12-5-7-19-8-6-12)20-10-13-11-24-17-4-2-1-3-14(13)17/h5-9,11H,1-4,10H2,(H,20,23)(H,21,22). The predicted molar refractivity (Wildman–Crippen MR) is 93.9 cm³/mol. The summed E-state index contributed by atoms with van der Waals surface area (Å²) in [5, 5.41) is 12.2. The van der Waals surface area contributed by atoms with Gasteiger partial charge in [-0.2, -0.15) is 5.10 Å². The first-order chi connectivity index (χ1) is 11.8. The van der Waals surface area contributed by atoms with Crippen molar-refractivity contribution in [3.05, 3.63) is 57.7 Å². The van der Waals surface area contributed by atoms with Gasteiger partial charge in [-0.25, -0.2) is 0 Å². The molecular formula is C18H18N4OS. The Kier molecular flexibility index (Phi) is 4.13. The van der Waals surface area contributed by atoms with Crippen molar-refractivity contribution in [1.82, 2.24) is 20.5 Å². The van der Waals surface area contributed by atoms with Crippen molar-refractivity contribution >= 4 is 17.2 Å². The molecule has 0 atom stereocenters. The van der Waals surface area contributed by atoms with E-state index < -0.39 is 0 Å². The maximum Gasteiger partial charge on any atom is 0.269 e. The van der Waals surface area contributed by atoms with Gasteiger partial charge in [0.1, 0.15) is 5.69 Å². The number of hydrogen-bond acceptors (Lipinski definition) is 4. The van der Waals surface area contributed by atoms with E-state index in [4.69, 9.17) is 0 Å². The van der Waals surface area contributed by atoms with Crippen molar-refractivity contribution in [2.45, 2.75) is 32.2 Å². The van der Waals surface area contributed by atoms with Crippen LogP contribution in [0.1, 0.15) is 39.3 Å². The van der Waals surface area contributed by atoms with Crippen molar-refractivity contribution < 1.29 is 4.79 Å². The molecule has 1 amide bonds. The Morgan fingerprint density at radius 1 is 1.25 bits per heavy atom. The van der Waals surface area contributed by atoms with E-state index >= 15 is 0 Å². The van der Waals surface area contributed by atoms with Gasteiger partial charge >= 0.3 is 0 Å². The Hall–Kier alpha value is -2.47. The molecule has 0 fully saturated rings. The Morgan fingerprint density at radius 2 is 2.08 bits per heavy atom. The molecule has 0 saturated heterocycles. The number of H-pyrrole nitrogens is 1. The van der Waals surface area contributed by atoms with Crippen molar-refractivity contribution in [2.24, 2.45) is 0 Å². The lowest BCUT2D eigenvalue weighted by molar-refractivity contribution is 0.0946. The van der Waals surface area contributed by atoms with Crippen LogP contribution in [0.2, 0.25) is 0 Å². The molecule has 3 aromatic rings. The van der Waals surface area contributed by atoms with Crippen LogP contribution < -0.4 is 5.32 Å². The summed E-state index contributed by atoms with van der Waals surface area (Å²) >= 11 is 1.82. The van der Waals surface area contributed by atoms with Gasteiger partial charge in [0.15, 0.2) is 0 Å². The van der Waals surface area contributed by atoms with Crippen LogP contribution in [-0.2, 0) is 19.4 Å². The average molecular weight is 338 g/mol. The lowest BCUT2D eigenvalue weighted by atomic mass is 9.96. The first-order valence-corrected chi connectivity index (χ1v) is 9.01. The zero-order valence-corrected chi connectivity index (χ0v) is 14.0. The fourth-order valence-corrected chi connectivity index (χ4v) is 4.24. The molecule has 0 bridgehead atoms. The van der Waals surface area contributed by atoms with Gasteiger partial charge in [0.2, 0.25) is 0 Å². The minimum atomic E-state index is -0.126. The molecule has 0 saturated carbocycles. The largest absolute Gasteiger partial charge is 0.347 e. The molecule has 4 rings (SSSR count). The lowest BCUT2D eigenvalue weighted by Crippen LogP contribution is -2.23. The molecule has 3 aromatic heterocycles. The number of amides is 1. The van der Waals surface area contributed by atoms with Gasteiger partial charge in [-0.1, -0.05) is 0 Å². The van der Waals surface area contributed by atoms with E-state index in [-0.39, 0.29) is 5.91 Å². The third-order valence-corrected chi connectivity index (χ3v) is 5.52. The van der Waals surface area contributed by atoms with Crippen molar-refractivity contribution in [3.8, 4) is 11.3 Å². The second-order valence-corrected chi connectivity index (χ2v) is 6.92. The normalized spacial score (nSPS) is 13.5. The average Bonchev–Trinajstić information content (AvgIpc) is 3.28. The smallest absolute Gasteiger partial charge is 0.269 e. The first-order valence-electron chi connectivity index (χ1n) is 8.13. The Labute approximate surface area is 144 Å². The molecule has 0 aromatic carbocycles.